The molecular formula is C23H47NaO4S. The Labute approximate surface area is 204 Å². The summed E-state index contributed by atoms with van der Waals surface area (Å²) in [5, 5.41) is 8.82. The molecule has 0 aromatic rings. The van der Waals surface area contributed by atoms with Crippen molar-refractivity contribution in [2.24, 2.45) is 0 Å². The number of hydrogen-bond acceptors (Lipinski definition) is 4. The molecule has 0 aliphatic carbocycles. The Hall–Kier alpha value is 0.870. The van der Waals surface area contributed by atoms with Crippen molar-refractivity contribution in [1.29, 1.82) is 0 Å². The maximum atomic E-state index is 11.5. The summed E-state index contributed by atoms with van der Waals surface area (Å²) in [7, 11) is -4.17. The standard InChI is InChI=1S/C23H48O4S.Na/c1-3-5-6-7-8-9-10-11-14-17-20-23(28(25,26)27)21-18-15-12-13-16-19-22(24)4-2;/h22-24H,3-21H2,1-2H3,(H,25,26,27);/q;+1/p-1. The second-order valence-electron chi connectivity index (χ2n) is 8.49. The van der Waals surface area contributed by atoms with E-state index in [0.29, 0.717) is 12.8 Å². The van der Waals surface area contributed by atoms with Crippen LogP contribution in [0.5, 0.6) is 0 Å². The summed E-state index contributed by atoms with van der Waals surface area (Å²) in [5.41, 5.74) is 0. The van der Waals surface area contributed by atoms with Gasteiger partial charge in [0.25, 0.3) is 0 Å². The Morgan fingerprint density at radius 3 is 1.34 bits per heavy atom. The third-order valence-electron chi connectivity index (χ3n) is 5.82. The maximum Gasteiger partial charge on any atom is 1.00 e. The zero-order chi connectivity index (χ0) is 21.1. The van der Waals surface area contributed by atoms with Crippen molar-refractivity contribution in [2.75, 3.05) is 0 Å². The monoisotopic (exact) mass is 442 g/mol. The van der Waals surface area contributed by atoms with E-state index in [9.17, 15) is 18.1 Å². The minimum atomic E-state index is -4.17. The molecule has 1 N–H and O–H groups in total. The molecule has 0 rings (SSSR count). The summed E-state index contributed by atoms with van der Waals surface area (Å²) >= 11 is 0. The van der Waals surface area contributed by atoms with Gasteiger partial charge in [0.1, 0.15) is 0 Å². The second-order valence-corrected chi connectivity index (χ2v) is 10.1. The van der Waals surface area contributed by atoms with Crippen molar-refractivity contribution in [1.82, 2.24) is 0 Å². The number of rotatable bonds is 21. The van der Waals surface area contributed by atoms with Crippen LogP contribution in [0.3, 0.4) is 0 Å². The molecule has 6 heteroatoms. The SMILES string of the molecule is CCCCCCCCCCCCC(CCCCCCCC(O)CC)S(=O)(=O)[O-].[Na+]. The topological polar surface area (TPSA) is 77.4 Å². The minimum Gasteiger partial charge on any atom is -0.748 e. The average molecular weight is 443 g/mol. The van der Waals surface area contributed by atoms with Crippen LogP contribution in [0.15, 0.2) is 0 Å². The molecule has 0 radical (unpaired) electrons. The van der Waals surface area contributed by atoms with Gasteiger partial charge in [0.15, 0.2) is 0 Å². The predicted molar refractivity (Wildman–Crippen MR) is 119 cm³/mol. The first kappa shape index (κ1) is 32.1. The van der Waals surface area contributed by atoms with Gasteiger partial charge in [-0.15, -0.1) is 0 Å². The second kappa shape index (κ2) is 22.1. The van der Waals surface area contributed by atoms with Gasteiger partial charge in [0.05, 0.1) is 16.2 Å². The molecule has 0 aromatic heterocycles. The van der Waals surface area contributed by atoms with Gasteiger partial charge in [-0.2, -0.15) is 0 Å². The summed E-state index contributed by atoms with van der Waals surface area (Å²) in [5.74, 6) is 0. The molecule has 170 valence electrons. The van der Waals surface area contributed by atoms with Crippen molar-refractivity contribution in [3.63, 3.8) is 0 Å². The van der Waals surface area contributed by atoms with E-state index in [4.69, 9.17) is 0 Å². The third kappa shape index (κ3) is 21.9. The van der Waals surface area contributed by atoms with Crippen LogP contribution in [0.2, 0.25) is 0 Å². The van der Waals surface area contributed by atoms with Crippen LogP contribution in [0, 0.1) is 0 Å². The molecule has 4 nitrogen and oxygen atoms in total. The predicted octanol–water partition coefficient (Wildman–Crippen LogP) is 3.72. The van der Waals surface area contributed by atoms with Crippen molar-refractivity contribution >= 4 is 10.1 Å². The maximum absolute atomic E-state index is 11.5. The van der Waals surface area contributed by atoms with Gasteiger partial charge in [-0.3, -0.25) is 0 Å². The molecule has 0 saturated heterocycles. The Morgan fingerprint density at radius 2 is 1.00 bits per heavy atom. The summed E-state index contributed by atoms with van der Waals surface area (Å²) in [6.45, 7) is 4.22. The molecular weight excluding hydrogens is 395 g/mol. The first-order valence-corrected chi connectivity index (χ1v) is 13.5. The van der Waals surface area contributed by atoms with Crippen LogP contribution in [-0.4, -0.2) is 29.4 Å². The molecule has 0 spiro atoms. The summed E-state index contributed by atoms with van der Waals surface area (Å²) in [6.07, 6.45) is 19.7. The van der Waals surface area contributed by atoms with E-state index in [1.165, 1.54) is 44.9 Å². The molecule has 29 heavy (non-hydrogen) atoms. The van der Waals surface area contributed by atoms with Crippen LogP contribution in [-0.2, 0) is 10.1 Å². The van der Waals surface area contributed by atoms with Crippen molar-refractivity contribution in [2.45, 2.75) is 147 Å². The average Bonchev–Trinajstić information content (AvgIpc) is 2.65. The summed E-state index contributed by atoms with van der Waals surface area (Å²) in [4.78, 5) is 0. The van der Waals surface area contributed by atoms with Crippen LogP contribution >= 0.6 is 0 Å². The fourth-order valence-corrected chi connectivity index (χ4v) is 4.69. The van der Waals surface area contributed by atoms with Crippen molar-refractivity contribution < 1.29 is 47.6 Å². The Balaban J connectivity index is 0. The van der Waals surface area contributed by atoms with Crippen molar-refractivity contribution in [3.05, 3.63) is 0 Å². The Kier molecular flexibility index (Phi) is 24.4. The number of aliphatic hydroxyl groups excluding tert-OH is 1. The largest absolute Gasteiger partial charge is 1.00 e. The van der Waals surface area contributed by atoms with Gasteiger partial charge in [0.2, 0.25) is 0 Å². The van der Waals surface area contributed by atoms with E-state index in [0.717, 1.165) is 64.2 Å². The molecule has 0 aliphatic heterocycles. The van der Waals surface area contributed by atoms with E-state index in [1.54, 1.807) is 0 Å². The fraction of sp³-hybridized carbons (Fsp3) is 1.00. The quantitative estimate of drug-likeness (QED) is 0.167. The first-order chi connectivity index (χ1) is 13.4. The summed E-state index contributed by atoms with van der Waals surface area (Å²) in [6, 6.07) is 0. The molecule has 2 atom stereocenters. The minimum absolute atomic E-state index is 0. The zero-order valence-corrected chi connectivity index (χ0v) is 22.5. The van der Waals surface area contributed by atoms with E-state index in [-0.39, 0.29) is 35.7 Å². The van der Waals surface area contributed by atoms with Gasteiger partial charge >= 0.3 is 29.6 Å². The van der Waals surface area contributed by atoms with E-state index in [1.807, 2.05) is 6.92 Å². The van der Waals surface area contributed by atoms with Gasteiger partial charge in [-0.1, -0.05) is 110 Å². The van der Waals surface area contributed by atoms with Crippen LogP contribution in [0.25, 0.3) is 0 Å². The third-order valence-corrected chi connectivity index (χ3v) is 7.11. The molecule has 0 saturated carbocycles. The van der Waals surface area contributed by atoms with E-state index < -0.39 is 15.4 Å². The van der Waals surface area contributed by atoms with Gasteiger partial charge in [-0.25, -0.2) is 8.42 Å². The zero-order valence-electron chi connectivity index (χ0n) is 19.7. The molecule has 0 fully saturated rings. The van der Waals surface area contributed by atoms with Gasteiger partial charge in [-0.05, 0) is 25.7 Å². The molecule has 2 unspecified atom stereocenters. The molecule has 0 bridgehead atoms. The smallest absolute Gasteiger partial charge is 0.748 e. The normalized spacial score (nSPS) is 13.8. The van der Waals surface area contributed by atoms with Crippen molar-refractivity contribution in [3.8, 4) is 0 Å². The molecule has 0 heterocycles. The van der Waals surface area contributed by atoms with E-state index in [2.05, 4.69) is 6.92 Å². The molecule has 0 amide bonds. The summed E-state index contributed by atoms with van der Waals surface area (Å²) < 4.78 is 34.5. The van der Waals surface area contributed by atoms with Gasteiger partial charge < -0.3 is 9.66 Å². The van der Waals surface area contributed by atoms with E-state index >= 15 is 0 Å². The fourth-order valence-electron chi connectivity index (χ4n) is 3.78. The number of hydrogen-bond donors (Lipinski definition) is 1. The van der Waals surface area contributed by atoms with Crippen LogP contribution < -0.4 is 29.6 Å². The molecule has 0 aromatic carbocycles. The first-order valence-electron chi connectivity index (χ1n) is 12.0. The van der Waals surface area contributed by atoms with Gasteiger partial charge in [0, 0.05) is 5.25 Å². The Morgan fingerprint density at radius 1 is 0.655 bits per heavy atom. The Bertz CT molecular complexity index is 429. The number of unbranched alkanes of at least 4 members (excludes halogenated alkanes) is 13. The van der Waals surface area contributed by atoms with Crippen LogP contribution in [0.4, 0.5) is 0 Å². The molecule has 0 aliphatic rings. The van der Waals surface area contributed by atoms with Crippen LogP contribution in [0.1, 0.15) is 136 Å². The number of aliphatic hydroxyl groups is 1.